The van der Waals surface area contributed by atoms with Gasteiger partial charge in [0.2, 0.25) is 5.71 Å². The molecular weight excluding hydrogens is 781 g/mol. The Balaban J connectivity index is 0.000000198. The second kappa shape index (κ2) is 13.9. The van der Waals surface area contributed by atoms with Gasteiger partial charge in [0.25, 0.3) is 0 Å². The summed E-state index contributed by atoms with van der Waals surface area (Å²) in [6.45, 7) is -1.76. The minimum absolute atomic E-state index is 0. The molecular formula is C43H38IrN4O-2. The van der Waals surface area contributed by atoms with E-state index >= 15 is 0 Å². The largest absolute Gasteiger partial charge is 0.486 e. The molecule has 4 aromatic heterocycles. The van der Waals surface area contributed by atoms with Crippen LogP contribution in [0.25, 0.3) is 61.4 Å². The topological polar surface area (TPSA) is 56.7 Å². The van der Waals surface area contributed by atoms with Gasteiger partial charge >= 0.3 is 0 Å². The zero-order chi connectivity index (χ0) is 42.7. The van der Waals surface area contributed by atoms with Crippen LogP contribution in [0.2, 0.25) is 0 Å². The van der Waals surface area contributed by atoms with Crippen molar-refractivity contribution in [2.75, 3.05) is 0 Å². The van der Waals surface area contributed by atoms with E-state index in [1.165, 1.54) is 24.3 Å². The number of benzene rings is 4. The molecule has 0 unspecified atom stereocenters. The zero-order valence-electron chi connectivity index (χ0n) is 37.9. The Morgan fingerprint density at radius 2 is 1.63 bits per heavy atom. The third-order valence-corrected chi connectivity index (χ3v) is 7.60. The van der Waals surface area contributed by atoms with Gasteiger partial charge in [-0.1, -0.05) is 73.7 Å². The van der Waals surface area contributed by atoms with Gasteiger partial charge in [-0.25, -0.2) is 4.98 Å². The fourth-order valence-electron chi connectivity index (χ4n) is 5.64. The summed E-state index contributed by atoms with van der Waals surface area (Å²) in [7, 11) is 0. The van der Waals surface area contributed by atoms with Gasteiger partial charge in [-0.15, -0.1) is 54.1 Å². The van der Waals surface area contributed by atoms with E-state index in [1.54, 1.807) is 47.2 Å². The molecule has 49 heavy (non-hydrogen) atoms. The van der Waals surface area contributed by atoms with Crippen LogP contribution in [0.1, 0.15) is 58.2 Å². The number of para-hydroxylation sites is 3. The molecule has 0 saturated carbocycles. The quantitative estimate of drug-likeness (QED) is 0.166. The Kier molecular flexibility index (Phi) is 6.44. The van der Waals surface area contributed by atoms with E-state index in [-0.39, 0.29) is 48.3 Å². The molecule has 4 heterocycles. The first-order chi connectivity index (χ1) is 27.6. The maximum atomic E-state index is 8.55. The van der Waals surface area contributed by atoms with Crippen LogP contribution in [0.15, 0.2) is 114 Å². The Bertz CT molecular complexity index is 2790. The Morgan fingerprint density at radius 1 is 0.816 bits per heavy atom. The monoisotopic (exact) mass is 830 g/mol. The second-order valence-corrected chi connectivity index (χ2v) is 12.3. The Morgan fingerprint density at radius 3 is 2.39 bits per heavy atom. The number of aryl methyl sites for hydroxylation is 3. The van der Waals surface area contributed by atoms with E-state index in [9.17, 15) is 0 Å². The molecule has 5 nitrogen and oxygen atoms in total. The van der Waals surface area contributed by atoms with Crippen molar-refractivity contribution >= 4 is 33.1 Å². The molecule has 0 N–H and O–H groups in total. The molecule has 4 aromatic carbocycles. The van der Waals surface area contributed by atoms with E-state index < -0.39 is 32.3 Å². The maximum absolute atomic E-state index is 8.55. The number of pyridine rings is 2. The Hall–Kier alpha value is -4.90. The third-order valence-electron chi connectivity index (χ3n) is 7.60. The summed E-state index contributed by atoms with van der Waals surface area (Å²) in [4.78, 5) is 13.3. The van der Waals surface area contributed by atoms with Crippen LogP contribution >= 0.6 is 0 Å². The predicted octanol–water partition coefficient (Wildman–Crippen LogP) is 10.8. The summed E-state index contributed by atoms with van der Waals surface area (Å²) >= 11 is 0. The summed E-state index contributed by atoms with van der Waals surface area (Å²) in [5.74, 6) is 0.439. The smallest absolute Gasteiger partial charge is 0.216 e. The van der Waals surface area contributed by atoms with Crippen molar-refractivity contribution in [1.82, 2.24) is 19.5 Å². The molecule has 0 atom stereocenters. The van der Waals surface area contributed by atoms with Crippen molar-refractivity contribution in [3.8, 4) is 28.3 Å². The number of imidazole rings is 1. The Labute approximate surface area is 316 Å². The van der Waals surface area contributed by atoms with Gasteiger partial charge in [-0.2, -0.15) is 0 Å². The average molecular weight is 830 g/mol. The first kappa shape index (κ1) is 22.7. The van der Waals surface area contributed by atoms with E-state index in [0.29, 0.717) is 50.2 Å². The molecule has 0 aliphatic rings. The van der Waals surface area contributed by atoms with Crippen molar-refractivity contribution < 1.29 is 39.6 Å². The SMILES string of the molecule is [2H]C([2H])([2H])c1ccc2c(n1)oc1c(-c3cc(C([2H])([2H])C(C)(C)C)ccn3)[c-]ccc12.[2H]C([2H])([2H])c1cccc(C([2H])([2H])[2H])c1-n1c(-c2[c-]cccc2)nc2ccccc21.[Ir]. The molecule has 0 aliphatic carbocycles. The predicted molar refractivity (Wildman–Crippen MR) is 196 cm³/mol. The fourth-order valence-corrected chi connectivity index (χ4v) is 5.64. The van der Waals surface area contributed by atoms with Crippen LogP contribution < -0.4 is 0 Å². The summed E-state index contributed by atoms with van der Waals surface area (Å²) in [5, 5.41) is 1.48. The number of fused-ring (bicyclic) bond motifs is 4. The van der Waals surface area contributed by atoms with Crippen LogP contribution in [0.4, 0.5) is 0 Å². The molecule has 0 amide bonds. The van der Waals surface area contributed by atoms with Crippen molar-refractivity contribution in [3.05, 3.63) is 144 Å². The number of aromatic nitrogens is 4. The van der Waals surface area contributed by atoms with E-state index in [1.807, 2.05) is 63.2 Å². The number of rotatable bonds is 4. The van der Waals surface area contributed by atoms with E-state index in [2.05, 4.69) is 27.1 Å². The number of nitrogens with zero attached hydrogens (tertiary/aromatic N) is 4. The number of hydrogen-bond acceptors (Lipinski definition) is 4. The molecule has 0 bridgehead atoms. The van der Waals surface area contributed by atoms with Gasteiger partial charge in [0.15, 0.2) is 0 Å². The van der Waals surface area contributed by atoms with Gasteiger partial charge < -0.3 is 14.0 Å². The number of furan rings is 1. The van der Waals surface area contributed by atoms with E-state index in [4.69, 9.17) is 19.5 Å². The molecule has 0 aliphatic heterocycles. The summed E-state index contributed by atoms with van der Waals surface area (Å²) < 4.78 is 95.4. The minimum atomic E-state index is -2.50. The van der Waals surface area contributed by atoms with Crippen LogP contribution in [0.3, 0.4) is 0 Å². The van der Waals surface area contributed by atoms with Crippen molar-refractivity contribution in [2.24, 2.45) is 5.41 Å². The van der Waals surface area contributed by atoms with Crippen molar-refractivity contribution in [1.29, 1.82) is 0 Å². The molecule has 0 saturated heterocycles. The standard InChI is InChI=1S/C22H21N2O.C21H17N2.Ir/c1-14-8-9-17-16-6-5-7-18(20(16)25-21(17)24-14)19-12-15(10-11-23-19)13-22(2,3)4;1-15-9-8-10-16(2)20(15)23-19-14-7-6-13-18(19)22-21(23)17-11-4-3-5-12-17;/h5-6,8-12H,13H2,1-4H3;3-11,13-14H,1-2H3;/q2*-1;/i1D3,13D2;1D3,2D3;. The van der Waals surface area contributed by atoms with Crippen LogP contribution in [0, 0.1) is 38.1 Å². The molecule has 0 spiro atoms. The molecule has 247 valence electrons. The van der Waals surface area contributed by atoms with Gasteiger partial charge in [-0.05, 0) is 79.5 Å². The van der Waals surface area contributed by atoms with Gasteiger partial charge in [0, 0.05) is 58.1 Å². The molecule has 8 rings (SSSR count). The summed E-state index contributed by atoms with van der Waals surface area (Å²) in [5.41, 5.74) is 3.67. The normalized spacial score (nSPS) is 15.8. The van der Waals surface area contributed by atoms with Crippen LogP contribution in [-0.2, 0) is 26.5 Å². The minimum Gasteiger partial charge on any atom is -0.486 e. The average Bonchev–Trinajstić information content (AvgIpc) is 3.75. The molecule has 8 aromatic rings. The molecule has 6 heteroatoms. The molecule has 1 radical (unpaired) electrons. The molecule has 0 fully saturated rings. The van der Waals surface area contributed by atoms with Gasteiger partial charge in [0.05, 0.1) is 22.4 Å². The van der Waals surface area contributed by atoms with Gasteiger partial charge in [-0.3, -0.25) is 4.98 Å². The van der Waals surface area contributed by atoms with E-state index in [0.717, 1.165) is 5.39 Å². The van der Waals surface area contributed by atoms with Crippen LogP contribution in [0.5, 0.6) is 0 Å². The second-order valence-electron chi connectivity index (χ2n) is 12.3. The zero-order valence-corrected chi connectivity index (χ0v) is 29.3. The van der Waals surface area contributed by atoms with Crippen LogP contribution in [-0.4, -0.2) is 19.5 Å². The third kappa shape index (κ3) is 6.98. The summed E-state index contributed by atoms with van der Waals surface area (Å²) in [6.07, 6.45) is 0.0111. The summed E-state index contributed by atoms with van der Waals surface area (Å²) in [6, 6.07) is 35.2. The number of hydrogen-bond donors (Lipinski definition) is 0. The van der Waals surface area contributed by atoms with Gasteiger partial charge in [0.1, 0.15) is 0 Å². The first-order valence-electron chi connectivity index (χ1n) is 20.9. The maximum Gasteiger partial charge on any atom is 0.216 e. The van der Waals surface area contributed by atoms with Crippen molar-refractivity contribution in [2.45, 2.75) is 47.7 Å². The van der Waals surface area contributed by atoms with Crippen molar-refractivity contribution in [3.63, 3.8) is 0 Å². The first-order valence-corrected chi connectivity index (χ1v) is 15.4. The fraction of sp³-hybridized carbons (Fsp3) is 0.186.